The molecule has 0 radical (unpaired) electrons. The van der Waals surface area contributed by atoms with Crippen molar-refractivity contribution in [3.8, 4) is 11.3 Å². The number of aliphatic hydroxyl groups excluding tert-OH is 1. The lowest BCUT2D eigenvalue weighted by atomic mass is 9.71. The Morgan fingerprint density at radius 1 is 1.05 bits per heavy atom. The Bertz CT molecular complexity index is 1790. The summed E-state index contributed by atoms with van der Waals surface area (Å²) in [5, 5.41) is 24.0. The molecule has 16 heteroatoms. The summed E-state index contributed by atoms with van der Waals surface area (Å²) in [4.78, 5) is 68.9. The van der Waals surface area contributed by atoms with Crippen LogP contribution in [0.1, 0.15) is 87.5 Å². The molecule has 1 unspecified atom stereocenters. The van der Waals surface area contributed by atoms with Gasteiger partial charge in [-0.05, 0) is 93.0 Å². The number of esters is 1. The molecule has 0 spiro atoms. The summed E-state index contributed by atoms with van der Waals surface area (Å²) >= 11 is 0. The van der Waals surface area contributed by atoms with Gasteiger partial charge in [-0.1, -0.05) is 20.8 Å². The smallest absolute Gasteiger partial charge is 0.411 e. The third kappa shape index (κ3) is 9.42. The summed E-state index contributed by atoms with van der Waals surface area (Å²) < 4.78 is 32.9. The number of ketones is 2. The van der Waals surface area contributed by atoms with Gasteiger partial charge in [0.2, 0.25) is 0 Å². The maximum Gasteiger partial charge on any atom is 0.411 e. The highest BCUT2D eigenvalue weighted by Gasteiger charge is 2.65. The Balaban J connectivity index is 1.46. The number of amides is 1. The Morgan fingerprint density at radius 3 is 2.37 bits per heavy atom. The first-order chi connectivity index (χ1) is 27.7. The van der Waals surface area contributed by atoms with Crippen molar-refractivity contribution in [2.75, 3.05) is 27.7 Å². The van der Waals surface area contributed by atoms with E-state index in [-0.39, 0.29) is 31.5 Å². The van der Waals surface area contributed by atoms with Gasteiger partial charge in [-0.2, -0.15) is 0 Å². The van der Waals surface area contributed by atoms with Gasteiger partial charge in [0, 0.05) is 62.2 Å². The number of aromatic nitrogens is 3. The minimum Gasteiger partial charge on any atom is -0.457 e. The van der Waals surface area contributed by atoms with Crippen LogP contribution in [0.5, 0.6) is 0 Å². The van der Waals surface area contributed by atoms with Gasteiger partial charge in [0.1, 0.15) is 29.8 Å². The minimum absolute atomic E-state index is 0.0452. The summed E-state index contributed by atoms with van der Waals surface area (Å²) in [7, 11) is 5.13. The third-order valence-electron chi connectivity index (χ3n) is 12.8. The topological polar surface area (TPSA) is 192 Å². The number of aryl methyl sites for hydroxylation is 1. The number of hydrogen-bond donors (Lipinski definition) is 2. The second-order valence-electron chi connectivity index (χ2n) is 17.6. The van der Waals surface area contributed by atoms with Crippen LogP contribution in [-0.2, 0) is 44.6 Å². The van der Waals surface area contributed by atoms with Gasteiger partial charge in [0.15, 0.2) is 23.5 Å². The molecule has 3 aliphatic rings. The maximum atomic E-state index is 14.8. The van der Waals surface area contributed by atoms with Gasteiger partial charge >= 0.3 is 12.1 Å². The first-order valence-corrected chi connectivity index (χ1v) is 20.8. The molecule has 3 aliphatic heterocycles. The average Bonchev–Trinajstić information content (AvgIpc) is 3.78. The van der Waals surface area contributed by atoms with Crippen molar-refractivity contribution in [1.29, 1.82) is 0 Å². The minimum atomic E-state index is -2.22. The number of hydrogen-bond acceptors (Lipinski definition) is 14. The number of imidazole rings is 1. The Hall–Kier alpha value is -3.80. The zero-order chi connectivity index (χ0) is 43.6. The summed E-state index contributed by atoms with van der Waals surface area (Å²) in [6, 6.07) is 2.16. The summed E-state index contributed by atoms with van der Waals surface area (Å²) in [6.45, 7) is 13.7. The number of likely N-dealkylation sites (N-methyl/N-ethyl adjacent to an activating group) is 1. The van der Waals surface area contributed by atoms with Gasteiger partial charge in [-0.15, -0.1) is 0 Å². The third-order valence-corrected chi connectivity index (χ3v) is 12.8. The van der Waals surface area contributed by atoms with Crippen LogP contribution in [0.4, 0.5) is 4.79 Å². The summed E-state index contributed by atoms with van der Waals surface area (Å²) in [6.07, 6.45) is 3.21. The number of ether oxygens (including phenoxy) is 5. The number of carbonyl (C=O) groups excluding carboxylic acids is 4. The van der Waals surface area contributed by atoms with Crippen molar-refractivity contribution in [1.82, 2.24) is 24.3 Å². The Labute approximate surface area is 347 Å². The highest BCUT2D eigenvalue weighted by molar-refractivity contribution is 6.00. The number of Topliss-reactive ketones (excluding diaryl/α,β-unsaturated/α-hetero) is 2. The van der Waals surface area contributed by atoms with Crippen molar-refractivity contribution in [3.63, 3.8) is 0 Å². The summed E-state index contributed by atoms with van der Waals surface area (Å²) in [5.41, 5.74) is -3.64. The number of methoxy groups -OCH3 is 1. The molecule has 3 fully saturated rings. The highest BCUT2D eigenvalue weighted by atomic mass is 16.7. The van der Waals surface area contributed by atoms with Crippen LogP contribution >= 0.6 is 0 Å². The zero-order valence-electron chi connectivity index (χ0n) is 36.5. The highest BCUT2D eigenvalue weighted by Crippen LogP contribution is 2.44. The Morgan fingerprint density at radius 2 is 1.75 bits per heavy atom. The van der Waals surface area contributed by atoms with E-state index in [2.05, 4.69) is 9.97 Å². The molecule has 1 amide bonds. The molecule has 5 heterocycles. The molecule has 328 valence electrons. The number of cyclic esters (lactones) is 1. The van der Waals surface area contributed by atoms with Crippen LogP contribution in [0.2, 0.25) is 0 Å². The van der Waals surface area contributed by atoms with E-state index in [9.17, 15) is 29.4 Å². The number of aliphatic hydroxyl groups is 2. The van der Waals surface area contributed by atoms with Crippen molar-refractivity contribution in [2.45, 2.75) is 154 Å². The molecule has 59 heavy (non-hydrogen) atoms. The molecular weight excluding hydrogens is 762 g/mol. The molecule has 0 aliphatic carbocycles. The molecule has 2 aromatic rings. The lowest BCUT2D eigenvalue weighted by Gasteiger charge is -2.48. The SMILES string of the molecule is CC[C@H]1OC(=O)[C@H](C)C(=O)[C@H](C)[C@@H](O[C@@H]2O[C@H](C)C[C@H](N(C)C)[C@H]2O)[C@](C)(OC)C[C@@H](C)C(=O)C(C)(O)[C@H]2N(CCCCn3cnc(-c4cccnc4)c3)C(=O)O[C@@]21C. The molecular formula is C43H65N5O11. The van der Waals surface area contributed by atoms with E-state index in [4.69, 9.17) is 23.7 Å². The van der Waals surface area contributed by atoms with E-state index >= 15 is 0 Å². The van der Waals surface area contributed by atoms with Crippen LogP contribution in [0.3, 0.4) is 0 Å². The molecule has 13 atom stereocenters. The van der Waals surface area contributed by atoms with E-state index in [1.54, 1.807) is 53.3 Å². The molecule has 16 nitrogen and oxygen atoms in total. The van der Waals surface area contributed by atoms with E-state index in [1.165, 1.54) is 25.9 Å². The van der Waals surface area contributed by atoms with Crippen molar-refractivity contribution >= 4 is 23.6 Å². The number of nitrogens with zero attached hydrogens (tertiary/aromatic N) is 5. The van der Waals surface area contributed by atoms with Crippen LogP contribution in [-0.4, -0.2) is 146 Å². The van der Waals surface area contributed by atoms with Crippen LogP contribution in [0.15, 0.2) is 37.1 Å². The predicted molar refractivity (Wildman–Crippen MR) is 216 cm³/mol. The van der Waals surface area contributed by atoms with Gasteiger partial charge in [0.25, 0.3) is 0 Å². The van der Waals surface area contributed by atoms with Crippen molar-refractivity contribution in [2.24, 2.45) is 17.8 Å². The number of carbonyl (C=O) groups is 4. The van der Waals surface area contributed by atoms with Gasteiger partial charge < -0.3 is 43.4 Å². The van der Waals surface area contributed by atoms with Crippen LogP contribution < -0.4 is 0 Å². The first-order valence-electron chi connectivity index (χ1n) is 20.8. The standard InChI is InChI=1S/C43H65N5O11/c1-12-32-43(8)39(48(40(53)59-43)19-14-13-18-47-23-30(45-24-47)29-16-15-17-44-22-29)42(7,54)35(51)25(2)21-41(6,55-11)36(27(4)33(49)28(5)37(52)57-32)58-38-34(50)31(46(9)10)20-26(3)56-38/h15-17,22-28,31-32,34,36,38-39,50,54H,12-14,18-21H2,1-11H3/t25-,26-,27+,28-,31+,32-,34-,36-,38+,39-,41-,42?,43-/m1/s1. The van der Waals surface area contributed by atoms with Crippen molar-refractivity contribution in [3.05, 3.63) is 37.1 Å². The van der Waals surface area contributed by atoms with Gasteiger partial charge in [-0.25, -0.2) is 9.78 Å². The lowest BCUT2D eigenvalue weighted by molar-refractivity contribution is -0.295. The number of rotatable bonds is 11. The van der Waals surface area contributed by atoms with Crippen LogP contribution in [0.25, 0.3) is 11.3 Å². The van der Waals surface area contributed by atoms with Crippen LogP contribution in [0, 0.1) is 17.8 Å². The molecule has 2 N–H and O–H groups in total. The Kier molecular flexibility index (Phi) is 14.5. The maximum absolute atomic E-state index is 14.8. The largest absolute Gasteiger partial charge is 0.457 e. The van der Waals surface area contributed by atoms with Gasteiger partial charge in [-0.3, -0.25) is 24.3 Å². The van der Waals surface area contributed by atoms with E-state index < -0.39 is 88.8 Å². The lowest BCUT2D eigenvalue weighted by Crippen LogP contribution is -2.66. The second-order valence-corrected chi connectivity index (χ2v) is 17.6. The predicted octanol–water partition coefficient (Wildman–Crippen LogP) is 4.04. The molecule has 0 aromatic carbocycles. The van der Waals surface area contributed by atoms with E-state index in [0.29, 0.717) is 25.8 Å². The first kappa shape index (κ1) is 46.3. The monoisotopic (exact) mass is 827 g/mol. The zero-order valence-corrected chi connectivity index (χ0v) is 36.5. The molecule has 0 saturated carbocycles. The fourth-order valence-electron chi connectivity index (χ4n) is 9.51. The van der Waals surface area contributed by atoms with Gasteiger partial charge in [0.05, 0.1) is 29.8 Å². The number of pyridine rings is 1. The number of unbranched alkanes of at least 4 members (excludes halogenated alkanes) is 1. The molecule has 0 bridgehead atoms. The molecule has 2 aromatic heterocycles. The van der Waals surface area contributed by atoms with Crippen molar-refractivity contribution < 1.29 is 53.1 Å². The number of fused-ring (bicyclic) bond motifs is 1. The fraction of sp³-hybridized carbons (Fsp3) is 0.721. The quantitative estimate of drug-likeness (QED) is 0.187. The molecule has 3 saturated heterocycles. The molecule has 5 rings (SSSR count). The summed E-state index contributed by atoms with van der Waals surface area (Å²) in [5.74, 6) is -5.22. The average molecular weight is 828 g/mol. The van der Waals surface area contributed by atoms with E-state index in [0.717, 1.165) is 11.3 Å². The normalized spacial score (nSPS) is 37.6. The van der Waals surface area contributed by atoms with E-state index in [1.807, 2.05) is 48.8 Å². The second kappa shape index (κ2) is 18.4. The fourth-order valence-corrected chi connectivity index (χ4v) is 9.51.